The van der Waals surface area contributed by atoms with E-state index in [2.05, 4.69) is 5.32 Å². The Bertz CT molecular complexity index is 638. The van der Waals surface area contributed by atoms with E-state index in [1.165, 1.54) is 12.1 Å². The molecule has 19 heavy (non-hydrogen) atoms. The number of amides is 1. The predicted octanol–water partition coefficient (Wildman–Crippen LogP) is 0.885. The number of nitrogens with two attached hydrogens (primary N) is 1. The lowest BCUT2D eigenvalue weighted by molar-refractivity contribution is -0.254. The van der Waals surface area contributed by atoms with Crippen molar-refractivity contribution in [2.24, 2.45) is 0 Å². The van der Waals surface area contributed by atoms with Gasteiger partial charge in [-0.05, 0) is 18.2 Å². The average Bonchev–Trinajstić information content (AvgIpc) is 2.39. The highest BCUT2D eigenvalue weighted by molar-refractivity contribution is 6.10. The van der Waals surface area contributed by atoms with Crippen LogP contribution in [0.4, 0.5) is 11.4 Å². The van der Waals surface area contributed by atoms with Crippen LogP contribution >= 0.6 is 0 Å². The monoisotopic (exact) mass is 255 g/mol. The molecule has 0 saturated heterocycles. The first kappa shape index (κ1) is 12.6. The van der Waals surface area contributed by atoms with Crippen LogP contribution < -0.4 is 16.2 Å². The van der Waals surface area contributed by atoms with E-state index in [1.54, 1.807) is 36.4 Å². The highest BCUT2D eigenvalue weighted by Crippen LogP contribution is 2.17. The Morgan fingerprint density at radius 1 is 0.947 bits per heavy atom. The third-order valence-electron chi connectivity index (χ3n) is 2.60. The molecule has 2 aromatic carbocycles. The van der Waals surface area contributed by atoms with E-state index in [0.717, 1.165) is 0 Å². The number of carbonyl (C=O) groups excluding carboxylic acids is 2. The Hall–Kier alpha value is -2.82. The SMILES string of the molecule is Nc1ccccc1C(=O)Nc1ccccc1C(=O)[O-]. The molecule has 0 saturated carbocycles. The minimum Gasteiger partial charge on any atom is -0.545 e. The molecular weight excluding hydrogens is 244 g/mol. The first-order valence-corrected chi connectivity index (χ1v) is 5.56. The molecule has 0 aliphatic rings. The van der Waals surface area contributed by atoms with Gasteiger partial charge in [0.1, 0.15) is 0 Å². The minimum atomic E-state index is -1.35. The number of nitrogen functional groups attached to an aromatic ring is 1. The number of carboxylic acids is 1. The molecule has 0 fully saturated rings. The van der Waals surface area contributed by atoms with Crippen molar-refractivity contribution in [2.75, 3.05) is 11.1 Å². The summed E-state index contributed by atoms with van der Waals surface area (Å²) < 4.78 is 0. The van der Waals surface area contributed by atoms with Gasteiger partial charge in [0, 0.05) is 11.3 Å². The van der Waals surface area contributed by atoms with Crippen molar-refractivity contribution in [1.82, 2.24) is 0 Å². The van der Waals surface area contributed by atoms with Crippen molar-refractivity contribution in [3.63, 3.8) is 0 Å². The molecule has 1 amide bonds. The van der Waals surface area contributed by atoms with Gasteiger partial charge in [-0.25, -0.2) is 0 Å². The number of benzene rings is 2. The molecule has 0 aliphatic carbocycles. The maximum absolute atomic E-state index is 12.0. The number of hydrogen-bond donors (Lipinski definition) is 2. The predicted molar refractivity (Wildman–Crippen MR) is 69.6 cm³/mol. The van der Waals surface area contributed by atoms with Crippen LogP contribution in [-0.2, 0) is 0 Å². The fourth-order valence-electron chi connectivity index (χ4n) is 1.66. The summed E-state index contributed by atoms with van der Waals surface area (Å²) in [5.74, 6) is -1.82. The number of carbonyl (C=O) groups is 2. The number of carboxylic acid groups (broad SMARTS) is 1. The summed E-state index contributed by atoms with van der Waals surface area (Å²) in [6, 6.07) is 12.6. The Morgan fingerprint density at radius 3 is 2.16 bits per heavy atom. The molecule has 5 heteroatoms. The van der Waals surface area contributed by atoms with Crippen LogP contribution in [0.25, 0.3) is 0 Å². The van der Waals surface area contributed by atoms with Crippen molar-refractivity contribution in [1.29, 1.82) is 0 Å². The number of nitrogens with one attached hydrogen (secondary N) is 1. The summed E-state index contributed by atoms with van der Waals surface area (Å²) in [6.07, 6.45) is 0. The first-order valence-electron chi connectivity index (χ1n) is 5.56. The van der Waals surface area contributed by atoms with Gasteiger partial charge in [0.05, 0.1) is 17.2 Å². The lowest BCUT2D eigenvalue weighted by atomic mass is 10.1. The Kier molecular flexibility index (Phi) is 3.47. The van der Waals surface area contributed by atoms with Gasteiger partial charge < -0.3 is 21.0 Å². The maximum Gasteiger partial charge on any atom is 0.257 e. The second kappa shape index (κ2) is 5.22. The number of para-hydroxylation sites is 2. The zero-order valence-electron chi connectivity index (χ0n) is 9.92. The van der Waals surface area contributed by atoms with E-state index >= 15 is 0 Å². The average molecular weight is 255 g/mol. The summed E-state index contributed by atoms with van der Waals surface area (Å²) in [5, 5.41) is 13.4. The zero-order chi connectivity index (χ0) is 13.8. The Labute approximate surface area is 109 Å². The fraction of sp³-hybridized carbons (Fsp3) is 0. The van der Waals surface area contributed by atoms with Crippen LogP contribution in [0.2, 0.25) is 0 Å². The minimum absolute atomic E-state index is 0.0784. The molecular formula is C14H11N2O3-. The molecule has 96 valence electrons. The summed E-state index contributed by atoms with van der Waals surface area (Å²) in [7, 11) is 0. The van der Waals surface area contributed by atoms with Crippen LogP contribution in [0.5, 0.6) is 0 Å². The smallest absolute Gasteiger partial charge is 0.257 e. The highest BCUT2D eigenvalue weighted by Gasteiger charge is 2.11. The zero-order valence-corrected chi connectivity index (χ0v) is 9.92. The number of hydrogen-bond acceptors (Lipinski definition) is 4. The van der Waals surface area contributed by atoms with Crippen LogP contribution in [0.3, 0.4) is 0 Å². The van der Waals surface area contributed by atoms with Gasteiger partial charge in [-0.3, -0.25) is 4.79 Å². The van der Waals surface area contributed by atoms with Gasteiger partial charge in [0.2, 0.25) is 0 Å². The molecule has 0 bridgehead atoms. The molecule has 0 aromatic heterocycles. The molecule has 3 N–H and O–H groups in total. The molecule has 2 aromatic rings. The van der Waals surface area contributed by atoms with Crippen LogP contribution in [0.15, 0.2) is 48.5 Å². The van der Waals surface area contributed by atoms with Gasteiger partial charge in [-0.15, -0.1) is 0 Å². The standard InChI is InChI=1S/C14H12N2O3/c15-11-7-3-1-5-9(11)13(17)16-12-8-4-2-6-10(12)14(18)19/h1-8H,15H2,(H,16,17)(H,18,19)/p-1. The van der Waals surface area contributed by atoms with Gasteiger partial charge in [-0.1, -0.05) is 30.3 Å². The molecule has 2 rings (SSSR count). The van der Waals surface area contributed by atoms with Crippen molar-refractivity contribution in [3.8, 4) is 0 Å². The lowest BCUT2D eigenvalue weighted by Crippen LogP contribution is -2.25. The van der Waals surface area contributed by atoms with Crippen LogP contribution in [0.1, 0.15) is 20.7 Å². The number of rotatable bonds is 3. The Morgan fingerprint density at radius 2 is 1.53 bits per heavy atom. The van der Waals surface area contributed by atoms with Gasteiger partial charge in [0.25, 0.3) is 5.91 Å². The molecule has 0 heterocycles. The van der Waals surface area contributed by atoms with E-state index < -0.39 is 11.9 Å². The normalized spacial score (nSPS) is 9.89. The molecule has 0 atom stereocenters. The molecule has 0 aliphatic heterocycles. The second-order valence-electron chi connectivity index (χ2n) is 3.87. The lowest BCUT2D eigenvalue weighted by Gasteiger charge is -2.12. The maximum atomic E-state index is 12.0. The molecule has 0 radical (unpaired) electrons. The molecule has 5 nitrogen and oxygen atoms in total. The third kappa shape index (κ3) is 2.71. The van der Waals surface area contributed by atoms with E-state index in [1.807, 2.05) is 0 Å². The summed E-state index contributed by atoms with van der Waals surface area (Å²) in [4.78, 5) is 22.9. The van der Waals surface area contributed by atoms with Crippen LogP contribution in [0, 0.1) is 0 Å². The van der Waals surface area contributed by atoms with Gasteiger partial charge in [0.15, 0.2) is 0 Å². The number of anilines is 2. The molecule has 0 spiro atoms. The second-order valence-corrected chi connectivity index (χ2v) is 3.87. The van der Waals surface area contributed by atoms with Crippen molar-refractivity contribution in [2.45, 2.75) is 0 Å². The summed E-state index contributed by atoms with van der Waals surface area (Å²) in [6.45, 7) is 0. The topological polar surface area (TPSA) is 95.2 Å². The number of aromatic carboxylic acids is 1. The quantitative estimate of drug-likeness (QED) is 0.796. The van der Waals surface area contributed by atoms with Gasteiger partial charge >= 0.3 is 0 Å². The van der Waals surface area contributed by atoms with Crippen molar-refractivity contribution >= 4 is 23.3 Å². The van der Waals surface area contributed by atoms with E-state index in [4.69, 9.17) is 5.73 Å². The van der Waals surface area contributed by atoms with Crippen LogP contribution in [-0.4, -0.2) is 11.9 Å². The summed E-state index contributed by atoms with van der Waals surface area (Å²) >= 11 is 0. The van der Waals surface area contributed by atoms with E-state index in [-0.39, 0.29) is 16.8 Å². The first-order chi connectivity index (χ1) is 9.09. The fourth-order valence-corrected chi connectivity index (χ4v) is 1.66. The third-order valence-corrected chi connectivity index (χ3v) is 2.60. The largest absolute Gasteiger partial charge is 0.545 e. The van der Waals surface area contributed by atoms with Gasteiger partial charge in [-0.2, -0.15) is 0 Å². The van der Waals surface area contributed by atoms with Crippen molar-refractivity contribution in [3.05, 3.63) is 59.7 Å². The highest BCUT2D eigenvalue weighted by atomic mass is 16.4. The molecule has 0 unspecified atom stereocenters. The summed E-state index contributed by atoms with van der Waals surface area (Å²) in [5.41, 5.74) is 6.39. The van der Waals surface area contributed by atoms with E-state index in [0.29, 0.717) is 5.69 Å². The van der Waals surface area contributed by atoms with E-state index in [9.17, 15) is 14.7 Å². The Balaban J connectivity index is 2.30. The van der Waals surface area contributed by atoms with Crippen molar-refractivity contribution < 1.29 is 14.7 Å².